The van der Waals surface area contributed by atoms with Crippen LogP contribution in [0.25, 0.3) is 11.3 Å². The van der Waals surface area contributed by atoms with Gasteiger partial charge in [-0.05, 0) is 30.3 Å². The maximum Gasteiger partial charge on any atom is 0.419 e. The van der Waals surface area contributed by atoms with Gasteiger partial charge in [-0.1, -0.05) is 11.6 Å². The van der Waals surface area contributed by atoms with Gasteiger partial charge < -0.3 is 19.4 Å². The molecule has 7 nitrogen and oxygen atoms in total. The molecule has 0 bridgehead atoms. The molecule has 1 aromatic carbocycles. The van der Waals surface area contributed by atoms with Gasteiger partial charge in [0.25, 0.3) is 0 Å². The zero-order valence-corrected chi connectivity index (χ0v) is 19.9. The summed E-state index contributed by atoms with van der Waals surface area (Å²) in [5.74, 6) is 0.553. The molecule has 0 spiro atoms. The molecule has 190 valence electrons. The molecule has 0 aliphatic carbocycles. The Morgan fingerprint density at radius 3 is 2.28 bits per heavy atom. The van der Waals surface area contributed by atoms with Crippen LogP contribution in [0.2, 0.25) is 5.02 Å². The quantitative estimate of drug-likeness (QED) is 0.467. The third-order valence-corrected chi connectivity index (χ3v) is 6.50. The van der Waals surface area contributed by atoms with Gasteiger partial charge in [-0.25, -0.2) is 14.4 Å². The fourth-order valence-corrected chi connectivity index (χ4v) is 4.49. The fraction of sp³-hybridized carbons (Fsp3) is 0.375. The maximum absolute atomic E-state index is 13.8. The van der Waals surface area contributed by atoms with Gasteiger partial charge in [-0.2, -0.15) is 18.2 Å². The number of nitrogens with zero attached hydrogens (tertiary/aromatic N) is 6. The number of morpholine rings is 1. The molecule has 4 heterocycles. The number of benzene rings is 1. The van der Waals surface area contributed by atoms with Crippen molar-refractivity contribution in [2.75, 3.05) is 67.2 Å². The number of anilines is 3. The number of halogens is 5. The van der Waals surface area contributed by atoms with Crippen LogP contribution in [0.5, 0.6) is 0 Å². The zero-order valence-electron chi connectivity index (χ0n) is 19.2. The van der Waals surface area contributed by atoms with Crippen molar-refractivity contribution in [3.05, 3.63) is 59.0 Å². The maximum atomic E-state index is 13.8. The topological polar surface area (TPSA) is 57.6 Å². The van der Waals surface area contributed by atoms with Crippen LogP contribution < -0.4 is 14.7 Å². The van der Waals surface area contributed by atoms with Crippen LogP contribution in [0.4, 0.5) is 35.1 Å². The van der Waals surface area contributed by atoms with Crippen LogP contribution in [0.15, 0.2) is 42.6 Å². The van der Waals surface area contributed by atoms with Crippen molar-refractivity contribution in [3.8, 4) is 11.3 Å². The SMILES string of the molecule is Fc1ccc(-c2cc(N3CCOCC3)nc(N3CCN(c4ncccc4C(F)(F)F)CC3)n2)cc1Cl. The van der Waals surface area contributed by atoms with E-state index in [1.807, 2.05) is 11.0 Å². The molecule has 0 atom stereocenters. The Labute approximate surface area is 210 Å². The lowest BCUT2D eigenvalue weighted by atomic mass is 10.1. The molecule has 36 heavy (non-hydrogen) atoms. The second-order valence-corrected chi connectivity index (χ2v) is 8.89. The number of piperazine rings is 1. The summed E-state index contributed by atoms with van der Waals surface area (Å²) in [6.45, 7) is 3.92. The summed E-state index contributed by atoms with van der Waals surface area (Å²) in [4.78, 5) is 19.1. The molecular formula is C24H23ClF4N6O. The standard InChI is InChI=1S/C24H23ClF4N6O/c25-18-14-16(3-4-19(18)26)20-15-21(33-10-12-36-13-11-33)32-23(31-20)35-8-6-34(7-9-35)22-17(24(27,28)29)2-1-5-30-22/h1-5,14-15H,6-13H2. The lowest BCUT2D eigenvalue weighted by molar-refractivity contribution is -0.137. The number of rotatable bonds is 4. The highest BCUT2D eigenvalue weighted by Crippen LogP contribution is 2.36. The summed E-state index contributed by atoms with van der Waals surface area (Å²) in [7, 11) is 0. The summed E-state index contributed by atoms with van der Waals surface area (Å²) >= 11 is 6.01. The van der Waals surface area contributed by atoms with Crippen LogP contribution in [0.1, 0.15) is 5.56 Å². The predicted octanol–water partition coefficient (Wildman–Crippen LogP) is 4.51. The van der Waals surface area contributed by atoms with Gasteiger partial charge in [0, 0.05) is 57.1 Å². The minimum atomic E-state index is -4.48. The summed E-state index contributed by atoms with van der Waals surface area (Å²) in [5.41, 5.74) is 0.468. The van der Waals surface area contributed by atoms with Gasteiger partial charge in [0.15, 0.2) is 0 Å². The monoisotopic (exact) mass is 522 g/mol. The molecule has 2 aliphatic heterocycles. The van der Waals surface area contributed by atoms with Crippen molar-refractivity contribution in [2.24, 2.45) is 0 Å². The Bertz CT molecular complexity index is 1230. The van der Waals surface area contributed by atoms with E-state index in [-0.39, 0.29) is 10.8 Å². The van der Waals surface area contributed by atoms with Gasteiger partial charge in [0.1, 0.15) is 17.5 Å². The molecule has 2 aromatic heterocycles. The first-order valence-electron chi connectivity index (χ1n) is 11.5. The normalized spacial score (nSPS) is 17.0. The lowest BCUT2D eigenvalue weighted by Gasteiger charge is -2.37. The Balaban J connectivity index is 1.43. The highest BCUT2D eigenvalue weighted by atomic mass is 35.5. The summed E-state index contributed by atoms with van der Waals surface area (Å²) < 4.78 is 59.7. The highest BCUT2D eigenvalue weighted by Gasteiger charge is 2.36. The third-order valence-electron chi connectivity index (χ3n) is 6.21. The average Bonchev–Trinajstić information content (AvgIpc) is 2.90. The molecule has 12 heteroatoms. The van der Waals surface area contributed by atoms with E-state index in [9.17, 15) is 17.6 Å². The van der Waals surface area contributed by atoms with Crippen molar-refractivity contribution in [2.45, 2.75) is 6.18 Å². The van der Waals surface area contributed by atoms with E-state index in [1.54, 1.807) is 11.0 Å². The summed E-state index contributed by atoms with van der Waals surface area (Å²) in [6.07, 6.45) is -3.12. The van der Waals surface area contributed by atoms with E-state index in [4.69, 9.17) is 26.3 Å². The first kappa shape index (κ1) is 24.5. The van der Waals surface area contributed by atoms with Crippen molar-refractivity contribution in [3.63, 3.8) is 0 Å². The van der Waals surface area contributed by atoms with E-state index < -0.39 is 17.6 Å². The van der Waals surface area contributed by atoms with Crippen molar-refractivity contribution in [1.82, 2.24) is 15.0 Å². The number of hydrogen-bond acceptors (Lipinski definition) is 7. The van der Waals surface area contributed by atoms with E-state index >= 15 is 0 Å². The van der Waals surface area contributed by atoms with Gasteiger partial charge >= 0.3 is 6.18 Å². The molecule has 2 aliphatic rings. The fourth-order valence-electron chi connectivity index (χ4n) is 4.31. The van der Waals surface area contributed by atoms with Crippen LogP contribution >= 0.6 is 11.6 Å². The highest BCUT2D eigenvalue weighted by molar-refractivity contribution is 6.31. The molecule has 0 unspecified atom stereocenters. The van der Waals surface area contributed by atoms with E-state index in [1.165, 1.54) is 24.4 Å². The molecule has 0 N–H and O–H groups in total. The Kier molecular flexibility index (Phi) is 6.85. The van der Waals surface area contributed by atoms with E-state index in [2.05, 4.69) is 9.88 Å². The van der Waals surface area contributed by atoms with E-state index in [0.29, 0.717) is 75.5 Å². The Morgan fingerprint density at radius 2 is 1.58 bits per heavy atom. The van der Waals surface area contributed by atoms with Crippen molar-refractivity contribution < 1.29 is 22.3 Å². The predicted molar refractivity (Wildman–Crippen MR) is 129 cm³/mol. The van der Waals surface area contributed by atoms with Gasteiger partial charge in [0.2, 0.25) is 5.95 Å². The van der Waals surface area contributed by atoms with Gasteiger partial charge in [-0.3, -0.25) is 0 Å². The lowest BCUT2D eigenvalue weighted by Crippen LogP contribution is -2.48. The molecule has 0 saturated carbocycles. The second kappa shape index (κ2) is 10.1. The molecule has 5 rings (SSSR count). The molecule has 2 fully saturated rings. The first-order chi connectivity index (χ1) is 17.3. The molecule has 3 aromatic rings. The Morgan fingerprint density at radius 1 is 0.861 bits per heavy atom. The van der Waals surface area contributed by atoms with Crippen LogP contribution in [-0.4, -0.2) is 67.4 Å². The van der Waals surface area contributed by atoms with Crippen LogP contribution in [0, 0.1) is 5.82 Å². The molecule has 0 radical (unpaired) electrons. The number of pyridine rings is 1. The van der Waals surface area contributed by atoms with Crippen LogP contribution in [0.3, 0.4) is 0 Å². The molecule has 2 saturated heterocycles. The number of ether oxygens (including phenoxy) is 1. The number of hydrogen-bond donors (Lipinski definition) is 0. The van der Waals surface area contributed by atoms with E-state index in [0.717, 1.165) is 6.07 Å². The largest absolute Gasteiger partial charge is 0.419 e. The summed E-state index contributed by atoms with van der Waals surface area (Å²) in [6, 6.07) is 8.58. The number of alkyl halides is 3. The second-order valence-electron chi connectivity index (χ2n) is 8.49. The minimum absolute atomic E-state index is 0.00923. The summed E-state index contributed by atoms with van der Waals surface area (Å²) in [5, 5.41) is -0.00923. The molecule has 0 amide bonds. The zero-order chi connectivity index (χ0) is 25.3. The number of aromatic nitrogens is 3. The first-order valence-corrected chi connectivity index (χ1v) is 11.9. The van der Waals surface area contributed by atoms with Crippen molar-refractivity contribution >= 4 is 29.2 Å². The Hall–Kier alpha value is -3.18. The van der Waals surface area contributed by atoms with Gasteiger partial charge in [-0.15, -0.1) is 0 Å². The molecular weight excluding hydrogens is 500 g/mol. The third kappa shape index (κ3) is 5.17. The minimum Gasteiger partial charge on any atom is -0.378 e. The van der Waals surface area contributed by atoms with Crippen LogP contribution in [-0.2, 0) is 10.9 Å². The smallest absolute Gasteiger partial charge is 0.378 e. The van der Waals surface area contributed by atoms with Crippen molar-refractivity contribution in [1.29, 1.82) is 0 Å². The average molecular weight is 523 g/mol. The van der Waals surface area contributed by atoms with Gasteiger partial charge in [0.05, 0.1) is 29.5 Å².